The van der Waals surface area contributed by atoms with Crippen molar-refractivity contribution < 1.29 is 13.9 Å². The van der Waals surface area contributed by atoms with E-state index in [0.717, 1.165) is 12.8 Å². The molecule has 1 aromatic carbocycles. The minimum atomic E-state index is -0.499. The van der Waals surface area contributed by atoms with Gasteiger partial charge in [0.2, 0.25) is 5.91 Å². The lowest BCUT2D eigenvalue weighted by Gasteiger charge is -2.21. The molecule has 116 valence electrons. The van der Waals surface area contributed by atoms with Crippen LogP contribution in [0.5, 0.6) is 0 Å². The summed E-state index contributed by atoms with van der Waals surface area (Å²) in [5.41, 5.74) is 0.192. The van der Waals surface area contributed by atoms with E-state index >= 15 is 0 Å². The van der Waals surface area contributed by atoms with Crippen molar-refractivity contribution in [3.05, 3.63) is 34.6 Å². The Morgan fingerprint density at radius 3 is 2.95 bits per heavy atom. The number of halogens is 2. The molecule has 0 radical (unpaired) electrons. The minimum absolute atomic E-state index is 0.0621. The van der Waals surface area contributed by atoms with Gasteiger partial charge in [-0.3, -0.25) is 4.79 Å². The summed E-state index contributed by atoms with van der Waals surface area (Å²) >= 11 is 5.69. The Hall–Kier alpha value is -1.64. The van der Waals surface area contributed by atoms with Crippen LogP contribution < -0.4 is 5.32 Å². The third-order valence-corrected chi connectivity index (χ3v) is 4.61. The van der Waals surface area contributed by atoms with Gasteiger partial charge in [0.1, 0.15) is 11.9 Å². The predicted molar refractivity (Wildman–Crippen MR) is 78.5 cm³/mol. The highest BCUT2D eigenvalue weighted by molar-refractivity contribution is 6.30. The van der Waals surface area contributed by atoms with Crippen LogP contribution in [-0.4, -0.2) is 18.6 Å². The van der Waals surface area contributed by atoms with E-state index in [4.69, 9.17) is 21.6 Å². The van der Waals surface area contributed by atoms with Gasteiger partial charge in [0.15, 0.2) is 0 Å². The summed E-state index contributed by atoms with van der Waals surface area (Å²) in [4.78, 5) is 12.1. The molecule has 1 amide bonds. The van der Waals surface area contributed by atoms with Crippen molar-refractivity contribution in [1.82, 2.24) is 5.32 Å². The SMILES string of the molecule is N#CC1(CC(=O)N[C@@H]2CCO[C@H]2c2ccc(Cl)c(F)c2)CC1. The third kappa shape index (κ3) is 3.08. The number of nitriles is 1. The zero-order valence-electron chi connectivity index (χ0n) is 11.9. The normalized spacial score (nSPS) is 25.5. The van der Waals surface area contributed by atoms with Gasteiger partial charge in [0.25, 0.3) is 0 Å². The van der Waals surface area contributed by atoms with Crippen LogP contribution in [0.3, 0.4) is 0 Å². The van der Waals surface area contributed by atoms with Gasteiger partial charge in [-0.05, 0) is 37.0 Å². The molecular weight excluding hydrogens is 307 g/mol. The van der Waals surface area contributed by atoms with Gasteiger partial charge in [-0.25, -0.2) is 4.39 Å². The van der Waals surface area contributed by atoms with Gasteiger partial charge in [0, 0.05) is 13.0 Å². The minimum Gasteiger partial charge on any atom is -0.371 e. The van der Waals surface area contributed by atoms with Crippen LogP contribution in [-0.2, 0) is 9.53 Å². The summed E-state index contributed by atoms with van der Waals surface area (Å²) in [6.07, 6.45) is 2.07. The molecule has 1 heterocycles. The molecule has 1 N–H and O–H groups in total. The van der Waals surface area contributed by atoms with Crippen molar-refractivity contribution in [2.24, 2.45) is 5.41 Å². The van der Waals surface area contributed by atoms with E-state index in [1.807, 2.05) is 0 Å². The van der Waals surface area contributed by atoms with E-state index in [-0.39, 0.29) is 29.5 Å². The fourth-order valence-electron chi connectivity index (χ4n) is 2.80. The van der Waals surface area contributed by atoms with Crippen LogP contribution in [0.2, 0.25) is 5.02 Å². The molecule has 0 spiro atoms. The number of carbonyl (C=O) groups excluding carboxylic acids is 1. The maximum absolute atomic E-state index is 13.6. The summed E-state index contributed by atoms with van der Waals surface area (Å²) in [5.74, 6) is -0.643. The van der Waals surface area contributed by atoms with Crippen molar-refractivity contribution in [2.75, 3.05) is 6.61 Å². The summed E-state index contributed by atoms with van der Waals surface area (Å²) in [5, 5.41) is 12.0. The average Bonchev–Trinajstić information content (AvgIpc) is 3.11. The Kier molecular flexibility index (Phi) is 4.07. The number of hydrogen-bond donors (Lipinski definition) is 1. The Bertz CT molecular complexity index is 640. The quantitative estimate of drug-likeness (QED) is 0.926. The number of amides is 1. The lowest BCUT2D eigenvalue weighted by molar-refractivity contribution is -0.123. The van der Waals surface area contributed by atoms with E-state index in [9.17, 15) is 9.18 Å². The maximum atomic E-state index is 13.6. The molecule has 2 aliphatic rings. The first-order valence-electron chi connectivity index (χ1n) is 7.30. The number of benzene rings is 1. The lowest BCUT2D eigenvalue weighted by Crippen LogP contribution is -2.37. The highest BCUT2D eigenvalue weighted by atomic mass is 35.5. The summed E-state index contributed by atoms with van der Waals surface area (Å²) in [6, 6.07) is 6.54. The van der Waals surface area contributed by atoms with Crippen LogP contribution in [0.25, 0.3) is 0 Å². The number of ether oxygens (including phenoxy) is 1. The van der Waals surface area contributed by atoms with Gasteiger partial charge in [-0.2, -0.15) is 5.26 Å². The molecule has 1 aromatic rings. The fraction of sp³-hybridized carbons (Fsp3) is 0.500. The Balaban J connectivity index is 1.66. The van der Waals surface area contributed by atoms with Crippen molar-refractivity contribution in [1.29, 1.82) is 5.26 Å². The van der Waals surface area contributed by atoms with E-state index in [2.05, 4.69) is 11.4 Å². The van der Waals surface area contributed by atoms with Gasteiger partial charge in [0.05, 0.1) is 22.5 Å². The number of hydrogen-bond acceptors (Lipinski definition) is 3. The first kappa shape index (κ1) is 15.3. The number of nitrogens with zero attached hydrogens (tertiary/aromatic N) is 1. The van der Waals surface area contributed by atoms with Crippen molar-refractivity contribution >= 4 is 17.5 Å². The van der Waals surface area contributed by atoms with Crippen LogP contribution >= 0.6 is 11.6 Å². The molecule has 0 bridgehead atoms. The highest BCUT2D eigenvalue weighted by Crippen LogP contribution is 2.48. The zero-order valence-corrected chi connectivity index (χ0v) is 12.7. The highest BCUT2D eigenvalue weighted by Gasteiger charge is 2.45. The van der Waals surface area contributed by atoms with Gasteiger partial charge >= 0.3 is 0 Å². The van der Waals surface area contributed by atoms with Crippen LogP contribution in [0.1, 0.15) is 37.4 Å². The Morgan fingerprint density at radius 1 is 1.55 bits per heavy atom. The van der Waals surface area contributed by atoms with E-state index < -0.39 is 11.2 Å². The van der Waals surface area contributed by atoms with Crippen LogP contribution in [0.15, 0.2) is 18.2 Å². The molecule has 1 saturated carbocycles. The average molecular weight is 323 g/mol. The second kappa shape index (κ2) is 5.86. The van der Waals surface area contributed by atoms with Gasteiger partial charge < -0.3 is 10.1 Å². The Labute approximate surface area is 133 Å². The van der Waals surface area contributed by atoms with Crippen molar-refractivity contribution in [3.8, 4) is 6.07 Å². The second-order valence-corrected chi connectivity index (χ2v) is 6.40. The summed E-state index contributed by atoms with van der Waals surface area (Å²) in [6.45, 7) is 0.503. The molecule has 0 unspecified atom stereocenters. The molecule has 22 heavy (non-hydrogen) atoms. The molecule has 1 aliphatic heterocycles. The molecule has 2 fully saturated rings. The standard InChI is InChI=1S/C16H16ClFN2O2/c17-11-2-1-10(7-12(11)18)15-13(3-6-22-15)20-14(21)8-16(9-19)4-5-16/h1-2,7,13,15H,3-6,8H2,(H,20,21)/t13-,15+/m1/s1. The molecule has 6 heteroatoms. The monoisotopic (exact) mass is 322 g/mol. The predicted octanol–water partition coefficient (Wildman–Crippen LogP) is 3.12. The van der Waals surface area contributed by atoms with E-state index in [1.165, 1.54) is 12.1 Å². The fourth-order valence-corrected chi connectivity index (χ4v) is 2.92. The van der Waals surface area contributed by atoms with Crippen molar-refractivity contribution in [3.63, 3.8) is 0 Å². The van der Waals surface area contributed by atoms with Crippen LogP contribution in [0.4, 0.5) is 4.39 Å². The summed E-state index contributed by atoms with van der Waals surface area (Å²) < 4.78 is 19.2. The van der Waals surface area contributed by atoms with Crippen LogP contribution in [0, 0.1) is 22.6 Å². The third-order valence-electron chi connectivity index (χ3n) is 4.30. The molecule has 4 nitrogen and oxygen atoms in total. The summed E-state index contributed by atoms with van der Waals surface area (Å²) in [7, 11) is 0. The van der Waals surface area contributed by atoms with Gasteiger partial charge in [-0.1, -0.05) is 17.7 Å². The topological polar surface area (TPSA) is 62.1 Å². The molecule has 2 atom stereocenters. The number of carbonyl (C=O) groups is 1. The number of rotatable bonds is 4. The second-order valence-electron chi connectivity index (χ2n) is 6.00. The van der Waals surface area contributed by atoms with E-state index in [0.29, 0.717) is 18.6 Å². The molecule has 0 aromatic heterocycles. The van der Waals surface area contributed by atoms with E-state index in [1.54, 1.807) is 6.07 Å². The molecule has 1 saturated heterocycles. The molecular formula is C16H16ClFN2O2. The first-order chi connectivity index (χ1) is 10.5. The lowest BCUT2D eigenvalue weighted by atomic mass is 10.00. The van der Waals surface area contributed by atoms with Gasteiger partial charge in [-0.15, -0.1) is 0 Å². The molecule has 3 rings (SSSR count). The molecule has 1 aliphatic carbocycles. The Morgan fingerprint density at radius 2 is 2.32 bits per heavy atom. The maximum Gasteiger partial charge on any atom is 0.221 e. The number of nitrogens with one attached hydrogen (secondary N) is 1. The van der Waals surface area contributed by atoms with Crippen molar-refractivity contribution in [2.45, 2.75) is 37.8 Å². The first-order valence-corrected chi connectivity index (χ1v) is 7.68. The largest absolute Gasteiger partial charge is 0.371 e. The zero-order chi connectivity index (χ0) is 15.7. The smallest absolute Gasteiger partial charge is 0.221 e.